The highest BCUT2D eigenvalue weighted by Crippen LogP contribution is 2.27. The van der Waals surface area contributed by atoms with Crippen LogP contribution in [0.25, 0.3) is 0 Å². The molecule has 15 heavy (non-hydrogen) atoms. The van der Waals surface area contributed by atoms with Gasteiger partial charge in [-0.1, -0.05) is 0 Å². The van der Waals surface area contributed by atoms with Crippen molar-refractivity contribution in [3.8, 4) is 0 Å². The van der Waals surface area contributed by atoms with Crippen LogP contribution in [0.15, 0.2) is 0 Å². The van der Waals surface area contributed by atoms with E-state index in [-0.39, 0.29) is 6.04 Å². The van der Waals surface area contributed by atoms with Crippen LogP contribution in [0.3, 0.4) is 0 Å². The summed E-state index contributed by atoms with van der Waals surface area (Å²) in [5, 5.41) is 3.59. The topological polar surface area (TPSA) is 50.5 Å². The van der Waals surface area contributed by atoms with E-state index >= 15 is 0 Å². The number of rotatable bonds is 1. The molecule has 0 spiro atoms. The second-order valence-electron chi connectivity index (χ2n) is 5.25. The lowest BCUT2D eigenvalue weighted by Gasteiger charge is -2.34. The van der Waals surface area contributed by atoms with E-state index in [0.29, 0.717) is 6.04 Å². The zero-order chi connectivity index (χ0) is 10.3. The first-order valence-corrected chi connectivity index (χ1v) is 6.13. The Morgan fingerprint density at radius 2 is 2.20 bits per heavy atom. The Kier molecular flexibility index (Phi) is 2.68. The third-order valence-corrected chi connectivity index (χ3v) is 4.12. The number of fused-ring (bicyclic) bond motifs is 1. The van der Waals surface area contributed by atoms with Gasteiger partial charge in [0.1, 0.15) is 0 Å². The molecule has 0 radical (unpaired) electrons. The van der Waals surface area contributed by atoms with Crippen molar-refractivity contribution in [1.29, 1.82) is 0 Å². The Morgan fingerprint density at radius 1 is 1.27 bits per heavy atom. The molecule has 3 heterocycles. The van der Waals surface area contributed by atoms with Gasteiger partial charge in [-0.25, -0.2) is 0 Å². The van der Waals surface area contributed by atoms with Crippen molar-refractivity contribution in [3.63, 3.8) is 0 Å². The molecule has 4 atom stereocenters. The first kappa shape index (κ1) is 10.0. The number of hydrogen-bond acceptors (Lipinski definition) is 4. The number of likely N-dealkylation sites (tertiary alicyclic amines) is 1. The minimum atomic E-state index is 0.247. The zero-order valence-corrected chi connectivity index (χ0v) is 9.19. The van der Waals surface area contributed by atoms with Crippen LogP contribution in [0.4, 0.5) is 0 Å². The van der Waals surface area contributed by atoms with Crippen molar-refractivity contribution in [2.75, 3.05) is 32.8 Å². The Balaban J connectivity index is 1.59. The lowest BCUT2D eigenvalue weighted by Crippen LogP contribution is -2.48. The monoisotopic (exact) mass is 211 g/mol. The van der Waals surface area contributed by atoms with Crippen molar-refractivity contribution in [2.24, 2.45) is 11.7 Å². The number of nitrogens with one attached hydrogen (secondary N) is 1. The molecule has 3 fully saturated rings. The first-order valence-electron chi connectivity index (χ1n) is 6.13. The van der Waals surface area contributed by atoms with Gasteiger partial charge in [0.15, 0.2) is 0 Å². The molecular formula is C11H21N3O. The summed E-state index contributed by atoms with van der Waals surface area (Å²) in [6.45, 7) is 5.29. The quantitative estimate of drug-likeness (QED) is 0.608. The second kappa shape index (κ2) is 4.01. The van der Waals surface area contributed by atoms with Gasteiger partial charge in [0.2, 0.25) is 0 Å². The van der Waals surface area contributed by atoms with Gasteiger partial charge in [-0.2, -0.15) is 0 Å². The SMILES string of the molecule is NC1COCC(N2CC3CCNC3C2)C1. The molecule has 3 saturated heterocycles. The molecule has 0 amide bonds. The molecule has 3 aliphatic heterocycles. The number of ether oxygens (including phenoxy) is 1. The van der Waals surface area contributed by atoms with E-state index in [1.807, 2.05) is 0 Å². The minimum absolute atomic E-state index is 0.247. The summed E-state index contributed by atoms with van der Waals surface area (Å²) in [5.41, 5.74) is 5.94. The third kappa shape index (κ3) is 1.91. The summed E-state index contributed by atoms with van der Waals surface area (Å²) < 4.78 is 5.54. The molecule has 0 aromatic heterocycles. The van der Waals surface area contributed by atoms with Crippen LogP contribution in [-0.4, -0.2) is 55.9 Å². The summed E-state index contributed by atoms with van der Waals surface area (Å²) in [4.78, 5) is 2.58. The molecular weight excluding hydrogens is 190 g/mol. The Hall–Kier alpha value is -0.160. The summed E-state index contributed by atoms with van der Waals surface area (Å²) in [5.74, 6) is 0.878. The van der Waals surface area contributed by atoms with Crippen molar-refractivity contribution in [1.82, 2.24) is 10.2 Å². The largest absolute Gasteiger partial charge is 0.378 e. The number of nitrogens with zero attached hydrogens (tertiary/aromatic N) is 1. The van der Waals surface area contributed by atoms with E-state index in [0.717, 1.165) is 31.6 Å². The van der Waals surface area contributed by atoms with Gasteiger partial charge in [-0.15, -0.1) is 0 Å². The highest BCUT2D eigenvalue weighted by molar-refractivity contribution is 4.97. The van der Waals surface area contributed by atoms with E-state index < -0.39 is 0 Å². The molecule has 3 N–H and O–H groups in total. The van der Waals surface area contributed by atoms with Crippen LogP contribution in [0.2, 0.25) is 0 Å². The van der Waals surface area contributed by atoms with Gasteiger partial charge in [0.25, 0.3) is 0 Å². The standard InChI is InChI=1S/C11H21N3O/c12-9-3-10(7-15-6-9)14-4-8-1-2-13-11(8)5-14/h8-11,13H,1-7,12H2. The molecule has 0 bridgehead atoms. The van der Waals surface area contributed by atoms with E-state index in [1.165, 1.54) is 26.1 Å². The lowest BCUT2D eigenvalue weighted by atomic mass is 10.0. The molecule has 0 saturated carbocycles. The fourth-order valence-electron chi connectivity index (χ4n) is 3.28. The van der Waals surface area contributed by atoms with Gasteiger partial charge >= 0.3 is 0 Å². The Labute approximate surface area is 91.1 Å². The normalized spacial score (nSPS) is 47.0. The van der Waals surface area contributed by atoms with Crippen LogP contribution >= 0.6 is 0 Å². The van der Waals surface area contributed by atoms with Gasteiger partial charge in [0.05, 0.1) is 13.2 Å². The molecule has 86 valence electrons. The van der Waals surface area contributed by atoms with Gasteiger partial charge in [-0.05, 0) is 25.3 Å². The zero-order valence-electron chi connectivity index (χ0n) is 9.19. The highest BCUT2D eigenvalue weighted by Gasteiger charge is 2.39. The average molecular weight is 211 g/mol. The number of nitrogens with two attached hydrogens (primary N) is 1. The third-order valence-electron chi connectivity index (χ3n) is 4.12. The van der Waals surface area contributed by atoms with Gasteiger partial charge in [-0.3, -0.25) is 4.90 Å². The van der Waals surface area contributed by atoms with Crippen LogP contribution in [-0.2, 0) is 4.74 Å². The van der Waals surface area contributed by atoms with E-state index in [1.54, 1.807) is 0 Å². The molecule has 0 aliphatic carbocycles. The van der Waals surface area contributed by atoms with E-state index in [2.05, 4.69) is 10.2 Å². The van der Waals surface area contributed by atoms with Gasteiger partial charge in [0, 0.05) is 31.2 Å². The summed E-state index contributed by atoms with van der Waals surface area (Å²) >= 11 is 0. The highest BCUT2D eigenvalue weighted by atomic mass is 16.5. The maximum Gasteiger partial charge on any atom is 0.0623 e. The molecule has 4 nitrogen and oxygen atoms in total. The summed E-state index contributed by atoms with van der Waals surface area (Å²) in [6.07, 6.45) is 2.46. The van der Waals surface area contributed by atoms with E-state index in [9.17, 15) is 0 Å². The van der Waals surface area contributed by atoms with E-state index in [4.69, 9.17) is 10.5 Å². The molecule has 4 unspecified atom stereocenters. The van der Waals surface area contributed by atoms with Crippen LogP contribution in [0.5, 0.6) is 0 Å². The number of hydrogen-bond donors (Lipinski definition) is 2. The van der Waals surface area contributed by atoms with Crippen LogP contribution < -0.4 is 11.1 Å². The maximum atomic E-state index is 5.94. The van der Waals surface area contributed by atoms with Crippen molar-refractivity contribution < 1.29 is 4.74 Å². The lowest BCUT2D eigenvalue weighted by molar-refractivity contribution is 0.0133. The van der Waals surface area contributed by atoms with Crippen molar-refractivity contribution >= 4 is 0 Å². The summed E-state index contributed by atoms with van der Waals surface area (Å²) in [6, 6.07) is 1.56. The predicted molar refractivity (Wildman–Crippen MR) is 58.7 cm³/mol. The maximum absolute atomic E-state index is 5.94. The first-order chi connectivity index (χ1) is 7.33. The molecule has 0 aromatic rings. The van der Waals surface area contributed by atoms with Crippen molar-refractivity contribution in [2.45, 2.75) is 31.0 Å². The molecule has 4 heteroatoms. The van der Waals surface area contributed by atoms with Crippen LogP contribution in [0, 0.1) is 5.92 Å². The summed E-state index contributed by atoms with van der Waals surface area (Å²) in [7, 11) is 0. The second-order valence-corrected chi connectivity index (χ2v) is 5.25. The van der Waals surface area contributed by atoms with Crippen molar-refractivity contribution in [3.05, 3.63) is 0 Å². The smallest absolute Gasteiger partial charge is 0.0623 e. The molecule has 0 aromatic carbocycles. The van der Waals surface area contributed by atoms with Crippen LogP contribution in [0.1, 0.15) is 12.8 Å². The Bertz CT molecular complexity index is 224. The predicted octanol–water partition coefficient (Wildman–Crippen LogP) is -0.604. The Morgan fingerprint density at radius 3 is 3.00 bits per heavy atom. The molecule has 3 aliphatic rings. The average Bonchev–Trinajstić information content (AvgIpc) is 2.76. The fourth-order valence-corrected chi connectivity index (χ4v) is 3.28. The van der Waals surface area contributed by atoms with Gasteiger partial charge < -0.3 is 15.8 Å². The minimum Gasteiger partial charge on any atom is -0.378 e. The molecule has 3 rings (SSSR count). The fraction of sp³-hybridized carbons (Fsp3) is 1.00.